The van der Waals surface area contributed by atoms with Gasteiger partial charge in [0.1, 0.15) is 11.4 Å². The Bertz CT molecular complexity index is 296. The second kappa shape index (κ2) is 2.93. The second-order valence-electron chi connectivity index (χ2n) is 4.38. The zero-order valence-electron chi connectivity index (χ0n) is 8.74. The van der Waals surface area contributed by atoms with Gasteiger partial charge in [-0.2, -0.15) is 5.06 Å². The smallest absolute Gasteiger partial charge is 0.255 e. The van der Waals surface area contributed by atoms with E-state index in [4.69, 9.17) is 0 Å². The topological polar surface area (TPSA) is 78.6 Å². The number of nitrogens with zero attached hydrogens (tertiary/aromatic N) is 2. The molecule has 0 aromatic heterocycles. The number of hydrogen-bond donors (Lipinski definition) is 2. The Balaban J connectivity index is 3.09. The fourth-order valence-corrected chi connectivity index (χ4v) is 1.64. The summed E-state index contributed by atoms with van der Waals surface area (Å²) >= 11 is 0. The Morgan fingerprint density at radius 1 is 1.50 bits per heavy atom. The Kier molecular flexibility index (Phi) is 2.29. The van der Waals surface area contributed by atoms with Gasteiger partial charge >= 0.3 is 0 Å². The third kappa shape index (κ3) is 1.58. The van der Waals surface area contributed by atoms with Crippen LogP contribution in [0.3, 0.4) is 0 Å². The molecule has 0 amide bonds. The normalized spacial score (nSPS) is 27.6. The molecule has 6 heteroatoms. The quantitative estimate of drug-likeness (QED) is 0.487. The molecule has 1 aliphatic rings. The first-order valence-corrected chi connectivity index (χ1v) is 4.31. The van der Waals surface area contributed by atoms with Crippen molar-refractivity contribution in [1.82, 2.24) is 10.4 Å². The molecule has 0 aromatic rings. The zero-order valence-corrected chi connectivity index (χ0v) is 8.74. The van der Waals surface area contributed by atoms with Crippen LogP contribution < -0.4 is 5.32 Å². The van der Waals surface area contributed by atoms with Gasteiger partial charge in [0.2, 0.25) is 0 Å². The van der Waals surface area contributed by atoms with Gasteiger partial charge in [0.05, 0.1) is 10.5 Å². The van der Waals surface area contributed by atoms with Crippen LogP contribution >= 0.6 is 0 Å². The van der Waals surface area contributed by atoms with E-state index in [1.165, 1.54) is 0 Å². The van der Waals surface area contributed by atoms with Crippen molar-refractivity contribution in [1.29, 1.82) is 0 Å². The van der Waals surface area contributed by atoms with Crippen LogP contribution in [0.15, 0.2) is 11.9 Å². The lowest BCUT2D eigenvalue weighted by atomic mass is 10.0. The molecule has 0 spiro atoms. The van der Waals surface area contributed by atoms with E-state index in [0.717, 1.165) is 11.3 Å². The predicted molar refractivity (Wildman–Crippen MR) is 50.0 cm³/mol. The Hall–Kier alpha value is -1.14. The second-order valence-corrected chi connectivity index (χ2v) is 4.38. The highest BCUT2D eigenvalue weighted by molar-refractivity contribution is 5.21. The maximum absolute atomic E-state index is 10.3. The van der Waals surface area contributed by atoms with E-state index in [0.29, 0.717) is 5.70 Å². The summed E-state index contributed by atoms with van der Waals surface area (Å²) in [6.45, 7) is 6.92. The van der Waals surface area contributed by atoms with Crippen molar-refractivity contribution in [3.05, 3.63) is 22.0 Å². The lowest BCUT2D eigenvalue weighted by Gasteiger charge is -2.31. The van der Waals surface area contributed by atoms with Gasteiger partial charge in [0.25, 0.3) is 6.20 Å². The van der Waals surface area contributed by atoms with Gasteiger partial charge in [0, 0.05) is 0 Å². The van der Waals surface area contributed by atoms with Crippen molar-refractivity contribution in [3.8, 4) is 0 Å². The van der Waals surface area contributed by atoms with Crippen molar-refractivity contribution >= 4 is 0 Å². The van der Waals surface area contributed by atoms with Gasteiger partial charge in [0.15, 0.2) is 0 Å². The molecule has 1 fully saturated rings. The maximum Gasteiger partial charge on any atom is 0.255 e. The molecule has 1 rings (SSSR count). The summed E-state index contributed by atoms with van der Waals surface area (Å²) in [5, 5.41) is 24.1. The first-order valence-electron chi connectivity index (χ1n) is 4.31. The molecule has 1 saturated heterocycles. The summed E-state index contributed by atoms with van der Waals surface area (Å²) in [5.74, 6) is 0. The maximum atomic E-state index is 10.3. The zero-order chi connectivity index (χ0) is 11.1. The minimum absolute atomic E-state index is 0.398. The average Bonchev–Trinajstić information content (AvgIpc) is 2.12. The highest BCUT2D eigenvalue weighted by atomic mass is 16.6. The molecule has 0 aliphatic carbocycles. The van der Waals surface area contributed by atoms with Crippen LogP contribution in [0, 0.1) is 10.1 Å². The number of hydrogen-bond acceptors (Lipinski definition) is 5. The van der Waals surface area contributed by atoms with Crippen molar-refractivity contribution in [2.24, 2.45) is 0 Å². The summed E-state index contributed by atoms with van der Waals surface area (Å²) in [7, 11) is 0. The Morgan fingerprint density at radius 2 is 2.00 bits per heavy atom. The Morgan fingerprint density at radius 3 is 2.29 bits per heavy atom. The molecule has 0 bridgehead atoms. The highest BCUT2D eigenvalue weighted by Crippen LogP contribution is 2.34. The third-order valence-electron chi connectivity index (χ3n) is 2.39. The highest BCUT2D eigenvalue weighted by Gasteiger charge is 2.49. The minimum Gasteiger partial charge on any atom is -0.363 e. The van der Waals surface area contributed by atoms with Crippen LogP contribution in [0.2, 0.25) is 0 Å². The molecule has 1 aliphatic heterocycles. The number of nitrogens with one attached hydrogen (secondary N) is 1. The predicted octanol–water partition coefficient (Wildman–Crippen LogP) is 0.914. The summed E-state index contributed by atoms with van der Waals surface area (Å²) in [5.41, 5.74) is -1.06. The van der Waals surface area contributed by atoms with E-state index >= 15 is 0 Å². The molecule has 0 unspecified atom stereocenters. The van der Waals surface area contributed by atoms with Crippen LogP contribution in [-0.4, -0.2) is 26.4 Å². The van der Waals surface area contributed by atoms with E-state index < -0.39 is 16.1 Å². The largest absolute Gasteiger partial charge is 0.363 e. The lowest BCUT2D eigenvalue weighted by Crippen LogP contribution is -2.48. The summed E-state index contributed by atoms with van der Waals surface area (Å²) in [6, 6.07) is 0. The van der Waals surface area contributed by atoms with Gasteiger partial charge in [-0.15, -0.1) is 0 Å². The van der Waals surface area contributed by atoms with E-state index in [9.17, 15) is 15.3 Å². The molecule has 14 heavy (non-hydrogen) atoms. The average molecular weight is 201 g/mol. The van der Waals surface area contributed by atoms with Crippen LogP contribution in [0.4, 0.5) is 0 Å². The number of rotatable bonds is 1. The van der Waals surface area contributed by atoms with Crippen LogP contribution in [0.25, 0.3) is 0 Å². The van der Waals surface area contributed by atoms with Gasteiger partial charge < -0.3 is 10.5 Å². The van der Waals surface area contributed by atoms with Crippen molar-refractivity contribution in [2.45, 2.75) is 38.9 Å². The molecular formula is C8H15N3O3. The van der Waals surface area contributed by atoms with E-state index in [-0.39, 0.29) is 0 Å². The number of hydroxylamine groups is 2. The molecule has 80 valence electrons. The van der Waals surface area contributed by atoms with Crippen LogP contribution in [-0.2, 0) is 0 Å². The standard InChI is InChI=1S/C8H15N3O3/c1-7(2)6(5-10(12)13)9-8(3,4)11(7)14/h5,9,14H,1-4H3. The van der Waals surface area contributed by atoms with Crippen molar-refractivity contribution < 1.29 is 10.1 Å². The van der Waals surface area contributed by atoms with Gasteiger partial charge in [-0.05, 0) is 27.7 Å². The SMILES string of the molecule is CC1(C)NC(=C[N+](=O)[O-])C(C)(C)N1O. The summed E-state index contributed by atoms with van der Waals surface area (Å²) in [4.78, 5) is 9.82. The van der Waals surface area contributed by atoms with E-state index in [2.05, 4.69) is 5.32 Å². The summed E-state index contributed by atoms with van der Waals surface area (Å²) < 4.78 is 0. The van der Waals surface area contributed by atoms with Crippen LogP contribution in [0.5, 0.6) is 0 Å². The van der Waals surface area contributed by atoms with E-state index in [1.54, 1.807) is 27.7 Å². The van der Waals surface area contributed by atoms with Crippen LogP contribution in [0.1, 0.15) is 27.7 Å². The molecule has 2 N–H and O–H groups in total. The lowest BCUT2D eigenvalue weighted by molar-refractivity contribution is -0.404. The molecule has 0 aromatic carbocycles. The fourth-order valence-electron chi connectivity index (χ4n) is 1.64. The van der Waals surface area contributed by atoms with Gasteiger partial charge in [-0.3, -0.25) is 10.1 Å². The molecular weight excluding hydrogens is 186 g/mol. The summed E-state index contributed by atoms with van der Waals surface area (Å²) in [6.07, 6.45) is 0.887. The van der Waals surface area contributed by atoms with E-state index in [1.807, 2.05) is 0 Å². The molecule has 1 heterocycles. The monoisotopic (exact) mass is 201 g/mol. The van der Waals surface area contributed by atoms with Crippen molar-refractivity contribution in [3.63, 3.8) is 0 Å². The Labute approximate surface area is 82.3 Å². The first kappa shape index (κ1) is 10.9. The first-order chi connectivity index (χ1) is 6.18. The molecule has 6 nitrogen and oxygen atoms in total. The molecule has 0 radical (unpaired) electrons. The van der Waals surface area contributed by atoms with Crippen molar-refractivity contribution in [2.75, 3.05) is 0 Å². The molecule has 0 atom stereocenters. The third-order valence-corrected chi connectivity index (χ3v) is 2.39. The fraction of sp³-hybridized carbons (Fsp3) is 0.750. The minimum atomic E-state index is -0.767. The number of nitro groups is 1. The molecule has 0 saturated carbocycles. The van der Waals surface area contributed by atoms with Gasteiger partial charge in [-0.25, -0.2) is 0 Å². The van der Waals surface area contributed by atoms with Gasteiger partial charge in [-0.1, -0.05) is 0 Å².